The first-order valence-corrected chi connectivity index (χ1v) is 9.47. The van der Waals surface area contributed by atoms with Crippen molar-refractivity contribution in [1.82, 2.24) is 9.99 Å². The summed E-state index contributed by atoms with van der Waals surface area (Å²) in [7, 11) is 1.51. The van der Waals surface area contributed by atoms with Gasteiger partial charge in [0.05, 0.1) is 23.9 Å². The predicted molar refractivity (Wildman–Crippen MR) is 114 cm³/mol. The Morgan fingerprint density at radius 1 is 1.23 bits per heavy atom. The zero-order valence-electron chi connectivity index (χ0n) is 15.8. The summed E-state index contributed by atoms with van der Waals surface area (Å²) in [6, 6.07) is 14.9. The Balaban J connectivity index is 1.59. The molecule has 2 aromatic carbocycles. The molecule has 9 nitrogen and oxygen atoms in total. The largest absolute Gasteiger partial charge is 0.493 e. The van der Waals surface area contributed by atoms with Crippen LogP contribution in [0.1, 0.15) is 5.69 Å². The summed E-state index contributed by atoms with van der Waals surface area (Å²) in [6.45, 7) is -0.237. The van der Waals surface area contributed by atoms with Crippen molar-refractivity contribution in [2.45, 2.75) is 0 Å². The second-order valence-corrected chi connectivity index (χ2v) is 6.87. The average molecular weight is 473 g/mol. The highest BCUT2D eigenvalue weighted by atomic mass is 79.9. The molecule has 0 unspecified atom stereocenters. The van der Waals surface area contributed by atoms with E-state index in [1.807, 2.05) is 0 Å². The van der Waals surface area contributed by atoms with Crippen LogP contribution < -0.4 is 14.9 Å². The van der Waals surface area contributed by atoms with Gasteiger partial charge in [-0.3, -0.25) is 14.9 Å². The Morgan fingerprint density at radius 3 is 2.70 bits per heavy atom. The molecule has 0 atom stereocenters. The first-order chi connectivity index (χ1) is 14.5. The molecular weight excluding hydrogens is 456 g/mol. The minimum absolute atomic E-state index is 0.00999. The van der Waals surface area contributed by atoms with Gasteiger partial charge in [0.25, 0.3) is 11.6 Å². The van der Waals surface area contributed by atoms with Gasteiger partial charge in [-0.05, 0) is 42.5 Å². The van der Waals surface area contributed by atoms with Gasteiger partial charge in [-0.2, -0.15) is 5.10 Å². The van der Waals surface area contributed by atoms with E-state index in [9.17, 15) is 14.9 Å². The van der Waals surface area contributed by atoms with E-state index in [4.69, 9.17) is 9.47 Å². The lowest BCUT2D eigenvalue weighted by molar-refractivity contribution is -0.384. The lowest BCUT2D eigenvalue weighted by Gasteiger charge is -2.10. The third kappa shape index (κ3) is 5.23. The van der Waals surface area contributed by atoms with Crippen molar-refractivity contribution < 1.29 is 19.2 Å². The van der Waals surface area contributed by atoms with Crippen molar-refractivity contribution in [3.8, 4) is 17.2 Å². The summed E-state index contributed by atoms with van der Waals surface area (Å²) in [5.74, 6) is 0.498. The van der Waals surface area contributed by atoms with Crippen molar-refractivity contribution in [1.29, 1.82) is 0 Å². The molecule has 10 heteroatoms. The third-order valence-corrected chi connectivity index (χ3v) is 4.48. The van der Waals surface area contributed by atoms with Gasteiger partial charge in [0.1, 0.15) is 0 Å². The van der Waals surface area contributed by atoms with Crippen LogP contribution in [0.4, 0.5) is 5.69 Å². The van der Waals surface area contributed by atoms with Crippen LogP contribution in [-0.4, -0.2) is 35.3 Å². The second-order valence-electron chi connectivity index (χ2n) is 5.95. The minimum atomic E-state index is -0.455. The van der Waals surface area contributed by atoms with E-state index < -0.39 is 10.8 Å². The van der Waals surface area contributed by atoms with Crippen molar-refractivity contribution in [2.24, 2.45) is 5.10 Å². The summed E-state index contributed by atoms with van der Waals surface area (Å²) >= 11 is 3.34. The zero-order valence-corrected chi connectivity index (χ0v) is 17.4. The molecule has 0 fully saturated rings. The number of nitro groups is 1. The molecule has 0 aliphatic carbocycles. The first-order valence-electron chi connectivity index (χ1n) is 8.68. The van der Waals surface area contributed by atoms with E-state index in [0.717, 1.165) is 10.2 Å². The summed E-state index contributed by atoms with van der Waals surface area (Å²) < 4.78 is 13.3. The smallest absolute Gasteiger partial charge is 0.277 e. The number of nitro benzene ring substituents is 1. The summed E-state index contributed by atoms with van der Waals surface area (Å²) in [6.07, 6.45) is 3.26. The maximum absolute atomic E-state index is 12.0. The molecule has 0 aliphatic rings. The molecule has 30 heavy (non-hydrogen) atoms. The summed E-state index contributed by atoms with van der Waals surface area (Å²) in [4.78, 5) is 22.3. The Bertz CT molecular complexity index is 1080. The van der Waals surface area contributed by atoms with Gasteiger partial charge in [-0.15, -0.1) is 0 Å². The van der Waals surface area contributed by atoms with E-state index in [1.54, 1.807) is 53.2 Å². The molecular formula is C20H17BrN4O5. The number of methoxy groups -OCH3 is 1. The van der Waals surface area contributed by atoms with Crippen molar-refractivity contribution >= 4 is 33.7 Å². The molecule has 1 amide bonds. The number of rotatable bonds is 8. The first kappa shape index (κ1) is 21.1. The molecule has 0 saturated heterocycles. The number of benzene rings is 2. The van der Waals surface area contributed by atoms with Gasteiger partial charge in [-0.25, -0.2) is 5.43 Å². The fourth-order valence-corrected chi connectivity index (χ4v) is 2.92. The minimum Gasteiger partial charge on any atom is -0.493 e. The highest BCUT2D eigenvalue weighted by Crippen LogP contribution is 2.30. The van der Waals surface area contributed by atoms with Crippen molar-refractivity contribution in [3.63, 3.8) is 0 Å². The molecule has 154 valence electrons. The summed E-state index contributed by atoms with van der Waals surface area (Å²) in [5, 5.41) is 14.7. The number of nitrogens with zero attached hydrogens (tertiary/aromatic N) is 3. The highest BCUT2D eigenvalue weighted by molar-refractivity contribution is 9.10. The number of hydrogen-bond acceptors (Lipinski definition) is 6. The molecule has 1 aromatic heterocycles. The number of non-ortho nitro benzene ring substituents is 1. The lowest BCUT2D eigenvalue weighted by atomic mass is 10.3. The third-order valence-electron chi connectivity index (χ3n) is 3.99. The Kier molecular flexibility index (Phi) is 6.81. The van der Waals surface area contributed by atoms with Gasteiger partial charge in [0.15, 0.2) is 18.1 Å². The van der Waals surface area contributed by atoms with E-state index in [0.29, 0.717) is 17.2 Å². The fourth-order valence-electron chi connectivity index (χ4n) is 2.58. The van der Waals surface area contributed by atoms with Gasteiger partial charge < -0.3 is 14.0 Å². The number of carbonyl (C=O) groups is 1. The Hall–Kier alpha value is -3.66. The fraction of sp³-hybridized carbons (Fsp3) is 0.100. The standard InChI is InChI=1S/C20H17BrN4O5/c1-29-19-11-14(21)4-9-18(19)30-13-20(26)23-22-12-17-3-2-10-24(17)15-5-7-16(8-6-15)25(27)28/h2-12H,13H2,1H3,(H,23,26)/b22-12-. The maximum atomic E-state index is 12.0. The normalized spacial score (nSPS) is 10.7. The zero-order chi connectivity index (χ0) is 21.5. The van der Waals surface area contributed by atoms with E-state index in [-0.39, 0.29) is 12.3 Å². The molecule has 0 aliphatic heterocycles. The van der Waals surface area contributed by atoms with E-state index in [2.05, 4.69) is 26.5 Å². The Labute approximate surface area is 180 Å². The number of hydrogen-bond donors (Lipinski definition) is 1. The molecule has 0 bridgehead atoms. The topological polar surface area (TPSA) is 108 Å². The number of halogens is 1. The number of carbonyl (C=O) groups excluding carboxylic acids is 1. The van der Waals surface area contributed by atoms with Crippen LogP contribution >= 0.6 is 15.9 Å². The van der Waals surface area contributed by atoms with Crippen LogP contribution in [-0.2, 0) is 4.79 Å². The molecule has 3 aromatic rings. The molecule has 0 spiro atoms. The number of hydrazone groups is 1. The second kappa shape index (κ2) is 9.70. The highest BCUT2D eigenvalue weighted by Gasteiger charge is 2.09. The van der Waals surface area contributed by atoms with Gasteiger partial charge in [0, 0.05) is 28.5 Å². The molecule has 1 heterocycles. The quantitative estimate of drug-likeness (QED) is 0.305. The molecule has 0 radical (unpaired) electrons. The van der Waals surface area contributed by atoms with Crippen molar-refractivity contribution in [3.05, 3.63) is 81.1 Å². The maximum Gasteiger partial charge on any atom is 0.277 e. The number of ether oxygens (including phenoxy) is 2. The van der Waals surface area contributed by atoms with E-state index >= 15 is 0 Å². The monoisotopic (exact) mass is 472 g/mol. The predicted octanol–water partition coefficient (Wildman–Crippen LogP) is 3.69. The van der Waals surface area contributed by atoms with Gasteiger partial charge >= 0.3 is 0 Å². The van der Waals surface area contributed by atoms with Gasteiger partial charge in [0.2, 0.25) is 0 Å². The summed E-state index contributed by atoms with van der Waals surface area (Å²) in [5.41, 5.74) is 3.81. The van der Waals surface area contributed by atoms with Gasteiger partial charge in [-0.1, -0.05) is 15.9 Å². The average Bonchev–Trinajstić information content (AvgIpc) is 3.21. The van der Waals surface area contributed by atoms with Crippen LogP contribution in [0.25, 0.3) is 5.69 Å². The molecule has 3 rings (SSSR count). The number of amides is 1. The van der Waals surface area contributed by atoms with Crippen LogP contribution in [0.15, 0.2) is 70.4 Å². The van der Waals surface area contributed by atoms with Crippen LogP contribution in [0.2, 0.25) is 0 Å². The van der Waals surface area contributed by atoms with Crippen LogP contribution in [0.5, 0.6) is 11.5 Å². The van der Waals surface area contributed by atoms with E-state index in [1.165, 1.54) is 25.5 Å². The van der Waals surface area contributed by atoms with Crippen molar-refractivity contribution in [2.75, 3.05) is 13.7 Å². The number of aromatic nitrogens is 1. The van der Waals surface area contributed by atoms with Crippen LogP contribution in [0, 0.1) is 10.1 Å². The molecule has 0 saturated carbocycles. The lowest BCUT2D eigenvalue weighted by Crippen LogP contribution is -2.24. The van der Waals surface area contributed by atoms with Crippen LogP contribution in [0.3, 0.4) is 0 Å². The SMILES string of the molecule is COc1cc(Br)ccc1OCC(=O)N/N=C\c1cccn1-c1ccc([N+](=O)[O-])cc1. The molecule has 1 N–H and O–H groups in total. The number of nitrogens with one attached hydrogen (secondary N) is 1. The Morgan fingerprint density at radius 2 is 2.00 bits per heavy atom.